The molecule has 0 atom stereocenters. The number of benzene rings is 10. The second-order valence-corrected chi connectivity index (χ2v) is 41.0. The number of hydrogen-bond acceptors (Lipinski definition) is 28. The molecule has 21 rings (SSSR count). The maximum absolute atomic E-state index is 14.4. The van der Waals surface area contributed by atoms with Gasteiger partial charge in [-0.15, -0.1) is 107 Å². The van der Waals surface area contributed by atoms with Crippen LogP contribution < -0.4 is 15.4 Å². The Morgan fingerprint density at radius 3 is 1.27 bits per heavy atom. The highest BCUT2D eigenvalue weighted by molar-refractivity contribution is 7.18. The molecule has 21 aromatic rings. The molecule has 11 heterocycles. The monoisotopic (exact) mass is 2150 g/mol. The summed E-state index contributed by atoms with van der Waals surface area (Å²) in [6.07, 6.45) is -0.102. The highest BCUT2D eigenvalue weighted by atomic mass is 35.5. The van der Waals surface area contributed by atoms with Crippen molar-refractivity contribution in [2.75, 3.05) is 17.7 Å². The zero-order chi connectivity index (χ0) is 101. The summed E-state index contributed by atoms with van der Waals surface area (Å²) in [6, 6.07) is 54.6. The summed E-state index contributed by atoms with van der Waals surface area (Å²) in [5.41, 5.74) is 17.9. The van der Waals surface area contributed by atoms with Crippen LogP contribution in [0.5, 0.6) is 5.75 Å². The Kier molecular flexibility index (Phi) is 30.3. The second-order valence-electron chi connectivity index (χ2n) is 30.7. The van der Waals surface area contributed by atoms with E-state index in [1.807, 2.05) is 30.3 Å². The minimum atomic E-state index is -1.29. The summed E-state index contributed by atoms with van der Waals surface area (Å²) in [5.74, 6) is -8.27. The standard InChI is InChI=1S/C22H14N2O5S2.C21H13F2NO3S2.C21H12N2O3S2.C20H12ClNO3S2.C18H9Cl2N3O3S2/c1-28-15-4-2-3-11-8-16(29-19(11)15)13-9-30-21(18(13)22(26)27)24-20(25)12-5-6-17-14(7-12)23-10-31-17;1-10-2-4-12(20(23)19(10)22)13-8-28-17(18(13)21(26)27)7-15(25)11-3-5-16-14(6-11)24-9-29-16;1-22-14-5-2-12(3-6-14)15-10-27-19(20(15)21(25)26)9-17(24)13-4-7-18-16(8-13)23-11-28-18;21-13-4-1-11(2-5-13)14-9-26-18(19(14)20(24)25)8-16(23)12-3-6-17-15(7-12)22-10-27-17;19-11-3-1-8(5-12(11)20)10-7-27-17(15(10)18(25)26)21-16(24)9-2-4-14-13(6-9)22-23-28-14/h2-10H,1H3,(H,24,25)(H,26,27);2-6,8-9H,7H2,1H3,(H,26,27);2-8,10-11H,9H2,(H,25,26);1-7,9-10H,8H2,(H,24,25);1-7H,(H,21,24)(H,25,26). The SMILES string of the molecule is COc1cccc2cc(-c3csc(NC(=O)c4ccc5scnc5c4)c3C(=O)O)oc12.Cc1ccc(-c2csc(CC(=O)c3ccc4scnc4c3)c2C(=O)O)c(F)c1F.O=C(Cc1scc(-c2ccc(Cl)cc2)c1C(=O)O)c1ccc2scnc2c1.O=C(Nc1scc(-c2ccc(Cl)c(Cl)c2)c1C(=O)O)c1ccc2snnc2c1.[C-]#[N+]c1ccc(-c2csc(CC(=O)c3ccc4scnc4c3)c2C(=O)O)cc1. The Morgan fingerprint density at radius 2 is 0.811 bits per heavy atom. The van der Waals surface area contributed by atoms with Gasteiger partial charge in [0.2, 0.25) is 0 Å². The molecular weight excluding hydrogens is 2090 g/mol. The fourth-order valence-corrected chi connectivity index (χ4v) is 23.5. The third-order valence-electron chi connectivity index (χ3n) is 22.0. The van der Waals surface area contributed by atoms with Crippen molar-refractivity contribution in [2.45, 2.75) is 26.2 Å². The molecule has 0 radical (unpaired) electrons. The number of methoxy groups -OCH3 is 1. The number of ketones is 3. The number of fused-ring (bicyclic) bond motifs is 6. The van der Waals surface area contributed by atoms with Crippen LogP contribution in [0.25, 0.3) is 123 Å². The number of carbonyl (C=O) groups excluding carboxylic acids is 5. The second kappa shape index (κ2) is 43.6. The van der Waals surface area contributed by atoms with Crippen LogP contribution in [0.15, 0.2) is 247 Å². The molecule has 0 fully saturated rings. The fourth-order valence-electron chi connectivity index (χ4n) is 14.9. The number of carboxylic acid groups (broad SMARTS) is 5. The average Bonchev–Trinajstić information content (AvgIpc) is 1.65. The van der Waals surface area contributed by atoms with E-state index < -0.39 is 53.3 Å². The number of anilines is 2. The number of nitrogens with one attached hydrogen (secondary N) is 2. The van der Waals surface area contributed by atoms with E-state index in [2.05, 4.69) is 45.0 Å². The molecule has 0 aliphatic carbocycles. The van der Waals surface area contributed by atoms with E-state index in [0.29, 0.717) is 120 Å². The van der Waals surface area contributed by atoms with E-state index in [4.69, 9.17) is 50.5 Å². The number of furan rings is 1. The number of rotatable bonds is 24. The first-order valence-electron chi connectivity index (χ1n) is 41.6. The van der Waals surface area contributed by atoms with Crippen LogP contribution in [-0.4, -0.2) is 121 Å². The van der Waals surface area contributed by atoms with Crippen LogP contribution in [0, 0.1) is 25.1 Å². The zero-order valence-electron chi connectivity index (χ0n) is 73.0. The largest absolute Gasteiger partial charge is 0.493 e. The lowest BCUT2D eigenvalue weighted by atomic mass is 9.98. The van der Waals surface area contributed by atoms with E-state index >= 15 is 0 Å². The number of ether oxygens (including phenoxy) is 1. The summed E-state index contributed by atoms with van der Waals surface area (Å²) < 4.78 is 48.2. The van der Waals surface area contributed by atoms with Gasteiger partial charge in [-0.05, 0) is 184 Å². The Balaban J connectivity index is 0.000000123. The van der Waals surface area contributed by atoms with E-state index in [1.165, 1.54) is 104 Å². The van der Waals surface area contributed by atoms with Crippen molar-refractivity contribution in [1.82, 2.24) is 29.5 Å². The van der Waals surface area contributed by atoms with E-state index in [-0.39, 0.29) is 96.0 Å². The number of carboxylic acids is 5. The number of halogens is 5. The predicted molar refractivity (Wildman–Crippen MR) is 562 cm³/mol. The number of aromatic nitrogens is 6. The number of thiazole rings is 4. The van der Waals surface area contributed by atoms with Gasteiger partial charge in [0.15, 0.2) is 46.0 Å². The van der Waals surface area contributed by atoms with Gasteiger partial charge in [-0.3, -0.25) is 24.0 Å². The number of hydrogen-bond donors (Lipinski definition) is 7. The van der Waals surface area contributed by atoms with Crippen LogP contribution >= 0.6 is 148 Å². The van der Waals surface area contributed by atoms with Crippen molar-refractivity contribution >= 4 is 285 Å². The molecule has 143 heavy (non-hydrogen) atoms. The van der Waals surface area contributed by atoms with Gasteiger partial charge in [0, 0.05) is 116 Å². The summed E-state index contributed by atoms with van der Waals surface area (Å²) in [6.45, 7) is 8.45. The molecule has 0 spiro atoms. The lowest BCUT2D eigenvalue weighted by Gasteiger charge is -2.07. The topological polar surface area (TPSA) is 400 Å². The molecule has 710 valence electrons. The first-order valence-corrected chi connectivity index (χ1v) is 51.5. The number of thiophene rings is 5. The molecule has 0 saturated heterocycles. The molecule has 11 aromatic heterocycles. The molecule has 41 heteroatoms. The molecule has 10 aromatic carbocycles. The lowest BCUT2D eigenvalue weighted by Crippen LogP contribution is -2.13. The number of aromatic carboxylic acids is 5. The Morgan fingerprint density at radius 1 is 0.406 bits per heavy atom. The van der Waals surface area contributed by atoms with E-state index in [9.17, 15) is 82.3 Å². The molecule has 0 aliphatic rings. The molecule has 0 aliphatic heterocycles. The van der Waals surface area contributed by atoms with Crippen LogP contribution in [0.1, 0.15) is 124 Å². The van der Waals surface area contributed by atoms with Gasteiger partial charge >= 0.3 is 29.8 Å². The van der Waals surface area contributed by atoms with Gasteiger partial charge in [-0.2, -0.15) is 0 Å². The highest BCUT2D eigenvalue weighted by Crippen LogP contribution is 2.45. The van der Waals surface area contributed by atoms with Crippen LogP contribution in [0.4, 0.5) is 24.5 Å². The van der Waals surface area contributed by atoms with Gasteiger partial charge in [0.1, 0.15) is 32.4 Å². The molecule has 0 saturated carbocycles. The number of aryl methyl sites for hydroxylation is 1. The van der Waals surface area contributed by atoms with Crippen molar-refractivity contribution < 1.29 is 91.4 Å². The minimum absolute atomic E-state index is 0.00635. The first-order chi connectivity index (χ1) is 68.9. The third-order valence-corrected chi connectivity index (χ3v) is 31.7. The Labute approximate surface area is 860 Å². The maximum atomic E-state index is 14.4. The lowest BCUT2D eigenvalue weighted by molar-refractivity contribution is 0.0686. The number of carbonyl (C=O) groups is 10. The molecule has 2 amide bonds. The number of Topliss-reactive ketones (excluding diaryl/α,β-unsaturated/α-hetero) is 3. The third kappa shape index (κ3) is 21.9. The summed E-state index contributed by atoms with van der Waals surface area (Å²) >= 11 is 30.9. The quantitative estimate of drug-likeness (QED) is 0.0218. The van der Waals surface area contributed by atoms with Crippen LogP contribution in [0.2, 0.25) is 15.1 Å². The first kappa shape index (κ1) is 99.5. The van der Waals surface area contributed by atoms with Crippen molar-refractivity contribution in [3.05, 3.63) is 357 Å². The minimum Gasteiger partial charge on any atom is -0.493 e. The van der Waals surface area contributed by atoms with Crippen LogP contribution in [-0.2, 0) is 19.3 Å². The number of para-hydroxylation sites is 1. The fraction of sp³-hybridized carbons (Fsp3) is 0.0490. The van der Waals surface area contributed by atoms with Crippen molar-refractivity contribution in [1.29, 1.82) is 0 Å². The molecule has 0 bridgehead atoms. The predicted octanol–water partition coefficient (Wildman–Crippen LogP) is 28.6. The number of nitrogens with zero attached hydrogens (tertiary/aromatic N) is 7. The van der Waals surface area contributed by atoms with Crippen molar-refractivity contribution in [2.24, 2.45) is 0 Å². The van der Waals surface area contributed by atoms with Gasteiger partial charge in [-0.1, -0.05) is 106 Å². The van der Waals surface area contributed by atoms with Gasteiger partial charge in [0.25, 0.3) is 11.8 Å². The summed E-state index contributed by atoms with van der Waals surface area (Å²) in [4.78, 5) is 145. The van der Waals surface area contributed by atoms with Crippen molar-refractivity contribution in [3.8, 4) is 61.6 Å². The van der Waals surface area contributed by atoms with E-state index in [1.54, 1.807) is 202 Å². The van der Waals surface area contributed by atoms with Crippen molar-refractivity contribution in [3.63, 3.8) is 0 Å². The van der Waals surface area contributed by atoms with E-state index in [0.717, 1.165) is 85.0 Å². The maximum Gasteiger partial charge on any atom is 0.339 e. The van der Waals surface area contributed by atoms with Gasteiger partial charge in [0.05, 0.1) is 108 Å². The normalized spacial score (nSPS) is 11.0. The zero-order valence-corrected chi connectivity index (χ0v) is 83.5. The molecule has 0 unspecified atom stereocenters. The Hall–Kier alpha value is -15.1. The van der Waals surface area contributed by atoms with Gasteiger partial charge in [-0.25, -0.2) is 57.5 Å². The summed E-state index contributed by atoms with van der Waals surface area (Å²) in [7, 11) is 1.54. The molecule has 7 N–H and O–H groups in total. The smallest absolute Gasteiger partial charge is 0.339 e. The summed E-state index contributed by atoms with van der Waals surface area (Å²) in [5, 5.41) is 68.8. The Bertz CT molecular complexity index is 8700. The molecular formula is C102H60Cl3F2N9O17S10. The molecule has 26 nitrogen and oxygen atoms in total. The highest BCUT2D eigenvalue weighted by Gasteiger charge is 2.31. The number of amides is 2. The average molecular weight is 2150 g/mol. The van der Waals surface area contributed by atoms with Crippen LogP contribution in [0.3, 0.4) is 0 Å². The van der Waals surface area contributed by atoms with Gasteiger partial charge < -0.3 is 45.3 Å².